The summed E-state index contributed by atoms with van der Waals surface area (Å²) in [5, 5.41) is 3.02. The maximum Gasteiger partial charge on any atom is 0.253 e. The van der Waals surface area contributed by atoms with Gasteiger partial charge in [0.2, 0.25) is 0 Å². The number of hydrogen-bond acceptors (Lipinski definition) is 4. The van der Waals surface area contributed by atoms with Gasteiger partial charge in [0.15, 0.2) is 11.6 Å². The summed E-state index contributed by atoms with van der Waals surface area (Å²) in [7, 11) is 0. The van der Waals surface area contributed by atoms with Crippen LogP contribution in [-0.2, 0) is 0 Å². The summed E-state index contributed by atoms with van der Waals surface area (Å²) in [5.41, 5.74) is 2.80. The fourth-order valence-corrected chi connectivity index (χ4v) is 5.04. The van der Waals surface area contributed by atoms with Crippen LogP contribution in [0.5, 0.6) is 5.75 Å². The smallest absolute Gasteiger partial charge is 0.253 e. The van der Waals surface area contributed by atoms with Gasteiger partial charge in [-0.2, -0.15) is 0 Å². The minimum absolute atomic E-state index is 0.0743. The van der Waals surface area contributed by atoms with Crippen LogP contribution in [0.1, 0.15) is 83.7 Å². The van der Waals surface area contributed by atoms with Gasteiger partial charge in [-0.3, -0.25) is 9.59 Å². The molecule has 0 spiro atoms. The summed E-state index contributed by atoms with van der Waals surface area (Å²) in [5.74, 6) is -3.14. The predicted octanol–water partition coefficient (Wildman–Crippen LogP) is 5.79. The Morgan fingerprint density at radius 1 is 1.15 bits per heavy atom. The average Bonchev–Trinajstić information content (AvgIpc) is 3.14. The third-order valence-electron chi connectivity index (χ3n) is 6.91. The number of piperidine rings is 1. The van der Waals surface area contributed by atoms with Crippen molar-refractivity contribution in [2.45, 2.75) is 63.9 Å². The monoisotopic (exact) mass is 455 g/mol. The quantitative estimate of drug-likeness (QED) is 0.512. The molecule has 0 bridgehead atoms. The van der Waals surface area contributed by atoms with Crippen molar-refractivity contribution >= 4 is 11.6 Å². The van der Waals surface area contributed by atoms with E-state index in [9.17, 15) is 18.4 Å². The first-order valence-corrected chi connectivity index (χ1v) is 11.9. The highest BCUT2D eigenvalue weighted by atomic mass is 19.3. The van der Waals surface area contributed by atoms with Crippen LogP contribution in [0.3, 0.4) is 0 Å². The molecule has 3 atom stereocenters. The van der Waals surface area contributed by atoms with Gasteiger partial charge in [-0.15, -0.1) is 0 Å². The highest BCUT2D eigenvalue weighted by molar-refractivity contribution is 6.04. The Bertz CT molecular complexity index is 1020. The Morgan fingerprint density at radius 2 is 1.91 bits per heavy atom. The van der Waals surface area contributed by atoms with E-state index in [0.29, 0.717) is 42.7 Å². The van der Waals surface area contributed by atoms with Gasteiger partial charge in [0, 0.05) is 55.3 Å². The molecule has 2 aliphatic rings. The number of benzene rings is 2. The van der Waals surface area contributed by atoms with Crippen LogP contribution >= 0.6 is 0 Å². The highest BCUT2D eigenvalue weighted by Gasteiger charge is 2.41. The molecule has 0 unspecified atom stereocenters. The molecule has 1 saturated heterocycles. The number of nitrogens with one attached hydrogen (secondary N) is 1. The Morgan fingerprint density at radius 3 is 2.61 bits per heavy atom. The third-order valence-corrected chi connectivity index (χ3v) is 6.91. The molecule has 2 aromatic carbocycles. The number of halogens is 2. The number of fused-ring (bicyclic) bond motifs is 1. The summed E-state index contributed by atoms with van der Waals surface area (Å²) in [6.07, 6.45) is 0.850. The van der Waals surface area contributed by atoms with Gasteiger partial charge in [-0.05, 0) is 37.5 Å². The lowest BCUT2D eigenvalue weighted by molar-refractivity contribution is -0.0811. The number of ketones is 2. The second-order valence-corrected chi connectivity index (χ2v) is 9.16. The van der Waals surface area contributed by atoms with E-state index in [1.807, 2.05) is 43.3 Å². The fourth-order valence-electron chi connectivity index (χ4n) is 5.04. The molecule has 176 valence electrons. The standard InChI is InChI=1S/C27H31F2NO3/c1-3-23(31)21-14-19(24(32)11-7-10-20-16-30-13-12-27(20,28)29)15-22-25(17(2)33-26(21)22)18-8-5-4-6-9-18/h4-6,8-9,14-15,17,20,25,30H,3,7,10-13,16H2,1-2H3/t17-,20+,25+/m1/s1. The zero-order chi connectivity index (χ0) is 23.6. The largest absolute Gasteiger partial charge is 0.489 e. The molecule has 2 aromatic rings. The van der Waals surface area contributed by atoms with Crippen LogP contribution < -0.4 is 10.1 Å². The topological polar surface area (TPSA) is 55.4 Å². The van der Waals surface area contributed by atoms with Gasteiger partial charge in [0.1, 0.15) is 11.9 Å². The van der Waals surface area contributed by atoms with E-state index in [1.54, 1.807) is 13.0 Å². The normalized spacial score (nSPS) is 23.6. The minimum atomic E-state index is -2.68. The minimum Gasteiger partial charge on any atom is -0.489 e. The van der Waals surface area contributed by atoms with Crippen LogP contribution in [0.15, 0.2) is 42.5 Å². The molecule has 0 aromatic heterocycles. The summed E-state index contributed by atoms with van der Waals surface area (Å²) in [4.78, 5) is 25.8. The van der Waals surface area contributed by atoms with E-state index in [0.717, 1.165) is 11.1 Å². The molecule has 0 amide bonds. The van der Waals surface area contributed by atoms with Gasteiger partial charge in [-0.25, -0.2) is 8.78 Å². The maximum absolute atomic E-state index is 14.1. The molecule has 6 heteroatoms. The van der Waals surface area contributed by atoms with Crippen LogP contribution in [-0.4, -0.2) is 36.7 Å². The molecule has 1 fully saturated rings. The predicted molar refractivity (Wildman–Crippen MR) is 124 cm³/mol. The van der Waals surface area contributed by atoms with Gasteiger partial charge in [0.05, 0.1) is 5.56 Å². The first-order valence-electron chi connectivity index (χ1n) is 11.9. The molecule has 4 rings (SSSR count). The number of rotatable bonds is 8. The van der Waals surface area contributed by atoms with Crippen molar-refractivity contribution < 1.29 is 23.1 Å². The summed E-state index contributed by atoms with van der Waals surface area (Å²) < 4.78 is 34.3. The van der Waals surface area contributed by atoms with Gasteiger partial charge in [0.25, 0.3) is 5.92 Å². The number of carbonyl (C=O) groups is 2. The number of carbonyl (C=O) groups excluding carboxylic acids is 2. The molecule has 33 heavy (non-hydrogen) atoms. The van der Waals surface area contributed by atoms with E-state index >= 15 is 0 Å². The molecular weight excluding hydrogens is 424 g/mol. The Hall–Kier alpha value is -2.60. The lowest BCUT2D eigenvalue weighted by Gasteiger charge is -2.31. The summed E-state index contributed by atoms with van der Waals surface area (Å²) in [6, 6.07) is 13.4. The molecule has 4 nitrogen and oxygen atoms in total. The lowest BCUT2D eigenvalue weighted by atomic mass is 9.85. The van der Waals surface area contributed by atoms with E-state index < -0.39 is 11.8 Å². The molecule has 2 aliphatic heterocycles. The van der Waals surface area contributed by atoms with Crippen molar-refractivity contribution in [3.05, 3.63) is 64.7 Å². The second-order valence-electron chi connectivity index (χ2n) is 9.16. The Kier molecular flexibility index (Phi) is 6.94. The fraction of sp³-hybridized carbons (Fsp3) is 0.481. The Labute approximate surface area is 193 Å². The highest BCUT2D eigenvalue weighted by Crippen LogP contribution is 2.45. The van der Waals surface area contributed by atoms with Crippen molar-refractivity contribution in [1.29, 1.82) is 0 Å². The first-order chi connectivity index (χ1) is 15.8. The van der Waals surface area contributed by atoms with Gasteiger partial charge >= 0.3 is 0 Å². The molecule has 1 N–H and O–H groups in total. The molecular formula is C27H31F2NO3. The van der Waals surface area contributed by atoms with Crippen molar-refractivity contribution in [3.63, 3.8) is 0 Å². The number of alkyl halides is 2. The molecule has 0 aliphatic carbocycles. The molecule has 0 radical (unpaired) electrons. The lowest BCUT2D eigenvalue weighted by Crippen LogP contribution is -2.44. The molecule has 2 heterocycles. The average molecular weight is 456 g/mol. The third kappa shape index (κ3) is 4.86. The van der Waals surface area contributed by atoms with E-state index in [2.05, 4.69) is 5.32 Å². The van der Waals surface area contributed by atoms with Crippen LogP contribution in [0.25, 0.3) is 0 Å². The summed E-state index contributed by atoms with van der Waals surface area (Å²) in [6.45, 7) is 4.37. The van der Waals surface area contributed by atoms with Gasteiger partial charge < -0.3 is 10.1 Å². The Balaban J connectivity index is 1.58. The van der Waals surface area contributed by atoms with Crippen molar-refractivity contribution in [2.24, 2.45) is 5.92 Å². The van der Waals surface area contributed by atoms with E-state index in [-0.39, 0.29) is 43.0 Å². The zero-order valence-electron chi connectivity index (χ0n) is 19.2. The SMILES string of the molecule is CCC(=O)c1cc(C(=O)CCC[C@H]2CNCCC2(F)F)cc2c1O[C@H](C)[C@H]2c1ccccc1. The van der Waals surface area contributed by atoms with Crippen LogP contribution in [0.4, 0.5) is 8.78 Å². The second kappa shape index (κ2) is 9.72. The molecule has 0 saturated carbocycles. The van der Waals surface area contributed by atoms with Crippen molar-refractivity contribution in [2.75, 3.05) is 13.1 Å². The van der Waals surface area contributed by atoms with Crippen LogP contribution in [0, 0.1) is 5.92 Å². The zero-order valence-corrected chi connectivity index (χ0v) is 19.2. The summed E-state index contributed by atoms with van der Waals surface area (Å²) >= 11 is 0. The van der Waals surface area contributed by atoms with Crippen molar-refractivity contribution in [3.8, 4) is 5.75 Å². The van der Waals surface area contributed by atoms with Crippen LogP contribution in [0.2, 0.25) is 0 Å². The van der Waals surface area contributed by atoms with E-state index in [4.69, 9.17) is 4.74 Å². The number of hydrogen-bond donors (Lipinski definition) is 1. The number of Topliss-reactive ketones (excluding diaryl/α,β-unsaturated/α-hetero) is 2. The maximum atomic E-state index is 14.1. The van der Waals surface area contributed by atoms with Crippen molar-refractivity contribution in [1.82, 2.24) is 5.32 Å². The van der Waals surface area contributed by atoms with Gasteiger partial charge in [-0.1, -0.05) is 37.3 Å². The number of ether oxygens (including phenoxy) is 1. The van der Waals surface area contributed by atoms with E-state index in [1.165, 1.54) is 0 Å². The first kappa shape index (κ1) is 23.6.